The van der Waals surface area contributed by atoms with E-state index < -0.39 is 0 Å². The molecule has 0 bridgehead atoms. The van der Waals surface area contributed by atoms with Crippen LogP contribution in [0.3, 0.4) is 0 Å². The Morgan fingerprint density at radius 2 is 2.00 bits per heavy atom. The maximum atomic E-state index is 2.14. The summed E-state index contributed by atoms with van der Waals surface area (Å²) in [6.45, 7) is 0. The molecule has 78 valence electrons. The molecule has 0 aliphatic heterocycles. The first-order valence-corrected chi connectivity index (χ1v) is 5.40. The van der Waals surface area contributed by atoms with Crippen LogP contribution in [0.4, 0.5) is 0 Å². The summed E-state index contributed by atoms with van der Waals surface area (Å²) in [5.41, 5.74) is 1.21. The van der Waals surface area contributed by atoms with E-state index in [9.17, 15) is 0 Å². The quantitative estimate of drug-likeness (QED) is 0.587. The fourth-order valence-electron chi connectivity index (χ4n) is 1.26. The van der Waals surface area contributed by atoms with Gasteiger partial charge in [0.2, 0.25) is 5.69 Å². The molecule has 1 nitrogen and oxygen atoms in total. The van der Waals surface area contributed by atoms with Crippen molar-refractivity contribution < 1.29 is 4.57 Å². The van der Waals surface area contributed by atoms with Crippen LogP contribution >= 0.6 is 35.3 Å². The molecule has 2 rings (SSSR count). The normalized spacial score (nSPS) is 10.2. The largest absolute Gasteiger partial charge is 0.204 e. The predicted molar refractivity (Wildman–Crippen MR) is 76.3 cm³/mol. The summed E-state index contributed by atoms with van der Waals surface area (Å²) in [6, 6.07) is 10.4. The van der Waals surface area contributed by atoms with Crippen molar-refractivity contribution in [3.63, 3.8) is 0 Å². The predicted octanol–water partition coefficient (Wildman–Crippen LogP) is 3.36. The summed E-state index contributed by atoms with van der Waals surface area (Å²) >= 11 is 1.75. The SMILES string of the molecule is C[n+]1ccccc1/C=C/c1cccs1.I. The van der Waals surface area contributed by atoms with Crippen molar-refractivity contribution in [1.29, 1.82) is 0 Å². The molecule has 3 heteroatoms. The van der Waals surface area contributed by atoms with Crippen molar-refractivity contribution in [2.45, 2.75) is 0 Å². The molecule has 2 heterocycles. The number of hydrogen-bond acceptors (Lipinski definition) is 1. The first kappa shape index (κ1) is 12.4. The minimum Gasteiger partial charge on any atom is -0.202 e. The molecule has 0 N–H and O–H groups in total. The van der Waals surface area contributed by atoms with Gasteiger partial charge < -0.3 is 0 Å². The fourth-order valence-corrected chi connectivity index (χ4v) is 1.88. The Hall–Kier alpha value is -0.680. The highest BCUT2D eigenvalue weighted by molar-refractivity contribution is 14.0. The lowest BCUT2D eigenvalue weighted by Gasteiger charge is -1.91. The molecule has 0 aromatic carbocycles. The van der Waals surface area contributed by atoms with E-state index >= 15 is 0 Å². The maximum absolute atomic E-state index is 2.14. The number of rotatable bonds is 2. The highest BCUT2D eigenvalue weighted by Gasteiger charge is 1.98. The third-order valence-electron chi connectivity index (χ3n) is 2.06. The van der Waals surface area contributed by atoms with Crippen molar-refractivity contribution in [3.8, 4) is 0 Å². The van der Waals surface area contributed by atoms with Gasteiger partial charge in [-0.15, -0.1) is 35.3 Å². The number of halogens is 1. The van der Waals surface area contributed by atoms with Gasteiger partial charge in [0.1, 0.15) is 7.05 Å². The number of thiophene rings is 1. The van der Waals surface area contributed by atoms with Crippen LogP contribution in [-0.4, -0.2) is 0 Å². The lowest BCUT2D eigenvalue weighted by molar-refractivity contribution is -0.673. The molecule has 0 aliphatic carbocycles. The van der Waals surface area contributed by atoms with Gasteiger partial charge in [-0.3, -0.25) is 0 Å². The standard InChI is InChI=1S/C12H12NS.HI/c1-13-9-3-2-5-11(13)7-8-12-6-4-10-14-12;/h2-10H,1H3;1H/q+1;/b8-7+;. The molecule has 0 fully saturated rings. The van der Waals surface area contributed by atoms with Gasteiger partial charge in [-0.05, 0) is 23.6 Å². The van der Waals surface area contributed by atoms with Crippen molar-refractivity contribution in [1.82, 2.24) is 0 Å². The summed E-state index contributed by atoms with van der Waals surface area (Å²) in [6.07, 6.45) is 6.32. The van der Waals surface area contributed by atoms with Gasteiger partial charge in [-0.25, -0.2) is 4.57 Å². The first-order valence-electron chi connectivity index (χ1n) is 4.52. The summed E-state index contributed by atoms with van der Waals surface area (Å²) in [7, 11) is 2.05. The highest BCUT2D eigenvalue weighted by atomic mass is 127. The summed E-state index contributed by atoms with van der Waals surface area (Å²) in [5, 5.41) is 2.09. The van der Waals surface area contributed by atoms with Gasteiger partial charge >= 0.3 is 0 Å². The van der Waals surface area contributed by atoms with E-state index in [0.717, 1.165) is 0 Å². The molecular weight excluding hydrogens is 317 g/mol. The van der Waals surface area contributed by atoms with E-state index in [0.29, 0.717) is 0 Å². The highest BCUT2D eigenvalue weighted by Crippen LogP contribution is 2.11. The fraction of sp³-hybridized carbons (Fsp3) is 0.0833. The van der Waals surface area contributed by atoms with Gasteiger partial charge in [-0.1, -0.05) is 6.07 Å². The second-order valence-corrected chi connectivity index (χ2v) is 4.06. The van der Waals surface area contributed by atoms with Gasteiger partial charge in [0.25, 0.3) is 0 Å². The zero-order valence-electron chi connectivity index (χ0n) is 8.46. The summed E-state index contributed by atoms with van der Waals surface area (Å²) in [4.78, 5) is 1.29. The van der Waals surface area contributed by atoms with Gasteiger partial charge in [0.05, 0.1) is 0 Å². The zero-order chi connectivity index (χ0) is 9.80. The molecule has 0 aliphatic rings. The van der Waals surface area contributed by atoms with E-state index in [-0.39, 0.29) is 24.0 Å². The van der Waals surface area contributed by atoms with Crippen molar-refractivity contribution in [2.24, 2.45) is 7.05 Å². The Morgan fingerprint density at radius 3 is 2.67 bits per heavy atom. The molecular formula is C12H13INS+. The van der Waals surface area contributed by atoms with E-state index in [4.69, 9.17) is 0 Å². The third kappa shape index (κ3) is 3.43. The molecule has 0 spiro atoms. The average Bonchev–Trinajstić information content (AvgIpc) is 2.69. The van der Waals surface area contributed by atoms with E-state index in [2.05, 4.69) is 40.3 Å². The number of aryl methyl sites for hydroxylation is 1. The Balaban J connectivity index is 0.00000112. The van der Waals surface area contributed by atoms with Crippen LogP contribution in [0.25, 0.3) is 12.2 Å². The van der Waals surface area contributed by atoms with Crippen LogP contribution in [0.5, 0.6) is 0 Å². The van der Waals surface area contributed by atoms with Crippen LogP contribution in [0.15, 0.2) is 41.9 Å². The monoisotopic (exact) mass is 330 g/mol. The smallest absolute Gasteiger partial charge is 0.202 e. The zero-order valence-corrected chi connectivity index (χ0v) is 11.6. The molecule has 2 aromatic heterocycles. The number of pyridine rings is 1. The Morgan fingerprint density at radius 1 is 1.13 bits per heavy atom. The van der Waals surface area contributed by atoms with Crippen molar-refractivity contribution >= 4 is 47.5 Å². The van der Waals surface area contributed by atoms with Crippen LogP contribution < -0.4 is 4.57 Å². The Kier molecular flexibility index (Phi) is 4.98. The van der Waals surface area contributed by atoms with Crippen LogP contribution in [0, 0.1) is 0 Å². The number of hydrogen-bond donors (Lipinski definition) is 0. The van der Waals surface area contributed by atoms with Crippen LogP contribution in [0.1, 0.15) is 10.6 Å². The first-order chi connectivity index (χ1) is 6.86. The molecule has 0 radical (unpaired) electrons. The minimum atomic E-state index is 0. The number of aromatic nitrogens is 1. The summed E-state index contributed by atoms with van der Waals surface area (Å²) in [5.74, 6) is 0. The minimum absolute atomic E-state index is 0. The molecule has 0 atom stereocenters. The van der Waals surface area contributed by atoms with Gasteiger partial charge in [-0.2, -0.15) is 0 Å². The van der Waals surface area contributed by atoms with Crippen molar-refractivity contribution in [3.05, 3.63) is 52.5 Å². The average molecular weight is 330 g/mol. The van der Waals surface area contributed by atoms with E-state index in [1.54, 1.807) is 11.3 Å². The van der Waals surface area contributed by atoms with E-state index in [1.807, 2.05) is 25.4 Å². The van der Waals surface area contributed by atoms with Gasteiger partial charge in [0.15, 0.2) is 6.20 Å². The van der Waals surface area contributed by atoms with Crippen molar-refractivity contribution in [2.75, 3.05) is 0 Å². The molecule has 0 amide bonds. The van der Waals surface area contributed by atoms with E-state index in [1.165, 1.54) is 10.6 Å². The molecule has 0 unspecified atom stereocenters. The Labute approximate surface area is 111 Å². The lowest BCUT2D eigenvalue weighted by Crippen LogP contribution is -2.30. The second-order valence-electron chi connectivity index (χ2n) is 3.09. The number of nitrogens with zero attached hydrogens (tertiary/aromatic N) is 1. The molecule has 15 heavy (non-hydrogen) atoms. The lowest BCUT2D eigenvalue weighted by atomic mass is 10.3. The van der Waals surface area contributed by atoms with Crippen LogP contribution in [-0.2, 0) is 7.05 Å². The third-order valence-corrected chi connectivity index (χ3v) is 2.89. The van der Waals surface area contributed by atoms with Crippen LogP contribution in [0.2, 0.25) is 0 Å². The topological polar surface area (TPSA) is 3.88 Å². The molecule has 2 aromatic rings. The summed E-state index contributed by atoms with van der Waals surface area (Å²) < 4.78 is 2.10. The molecule has 0 saturated heterocycles. The Bertz CT molecular complexity index is 435. The molecule has 0 saturated carbocycles. The second kappa shape index (κ2) is 6.02. The maximum Gasteiger partial charge on any atom is 0.204 e. The van der Waals surface area contributed by atoms with Gasteiger partial charge in [0, 0.05) is 23.1 Å².